The molecule has 0 bridgehead atoms. The van der Waals surface area contributed by atoms with Crippen molar-refractivity contribution in [3.8, 4) is 0 Å². The summed E-state index contributed by atoms with van der Waals surface area (Å²) in [7, 11) is -3.55. The third-order valence-corrected chi connectivity index (χ3v) is 10.2. The summed E-state index contributed by atoms with van der Waals surface area (Å²) in [5, 5.41) is 0.791. The second-order valence-corrected chi connectivity index (χ2v) is 18.7. The number of benzene rings is 1. The first-order valence-corrected chi connectivity index (χ1v) is 15.2. The van der Waals surface area contributed by atoms with Crippen LogP contribution in [0.25, 0.3) is 6.08 Å². The average molecular weight is 345 g/mol. The van der Waals surface area contributed by atoms with E-state index in [-0.39, 0.29) is 12.1 Å². The maximum atomic E-state index is 12.7. The quantitative estimate of drug-likeness (QED) is 0.430. The second kappa shape index (κ2) is 5.93. The van der Waals surface area contributed by atoms with Crippen LogP contribution in [0.2, 0.25) is 44.3 Å². The van der Waals surface area contributed by atoms with E-state index in [1.165, 1.54) is 5.20 Å². The van der Waals surface area contributed by atoms with Crippen LogP contribution in [0, 0.1) is 0 Å². The minimum Gasteiger partial charge on any atom is -0.461 e. The van der Waals surface area contributed by atoms with Crippen LogP contribution in [0.3, 0.4) is 0 Å². The summed E-state index contributed by atoms with van der Waals surface area (Å²) in [5.41, 5.74) is 4.69. The topological polar surface area (TPSA) is 26.3 Å². The van der Waals surface area contributed by atoms with Gasteiger partial charge in [0.25, 0.3) is 0 Å². The Kier molecular flexibility index (Phi) is 4.64. The smallest absolute Gasteiger partial charge is 0.317 e. The van der Waals surface area contributed by atoms with Crippen molar-refractivity contribution < 1.29 is 9.53 Å². The molecule has 1 aromatic rings. The van der Waals surface area contributed by atoms with Gasteiger partial charge >= 0.3 is 5.97 Å². The molecule has 1 aliphatic heterocycles. The fraction of sp³-hybridized carbons (Fsp3) is 0.474. The molecule has 0 radical (unpaired) electrons. The summed E-state index contributed by atoms with van der Waals surface area (Å²) < 4.78 is 5.45. The molecule has 1 unspecified atom stereocenters. The van der Waals surface area contributed by atoms with E-state index in [1.54, 1.807) is 0 Å². The highest BCUT2D eigenvalue weighted by Crippen LogP contribution is 2.58. The number of cyclic esters (lactones) is 1. The lowest BCUT2D eigenvalue weighted by Gasteiger charge is -2.55. The summed E-state index contributed by atoms with van der Waals surface area (Å²) in [4.78, 5) is 12.7. The molecule has 0 saturated carbocycles. The molecule has 0 N–H and O–H groups in total. The van der Waals surface area contributed by atoms with Crippen LogP contribution in [0.4, 0.5) is 0 Å². The maximum Gasteiger partial charge on any atom is 0.317 e. The van der Waals surface area contributed by atoms with Crippen LogP contribution in [0.1, 0.15) is 12.5 Å². The van der Waals surface area contributed by atoms with Gasteiger partial charge in [-0.25, -0.2) is 0 Å². The van der Waals surface area contributed by atoms with Crippen molar-refractivity contribution in [2.75, 3.05) is 0 Å². The SMILES string of the molecule is CC1OC(=O)[C@@]1(C(=C=Cc1ccccc1)[Si](C)(C)C)[Si](C)(C)C. The van der Waals surface area contributed by atoms with Crippen molar-refractivity contribution in [3.63, 3.8) is 0 Å². The van der Waals surface area contributed by atoms with Gasteiger partial charge in [0.15, 0.2) is 0 Å². The summed E-state index contributed by atoms with van der Waals surface area (Å²) in [5.74, 6) is -0.0319. The Bertz CT molecular complexity index is 659. The van der Waals surface area contributed by atoms with Crippen molar-refractivity contribution in [3.05, 3.63) is 46.8 Å². The van der Waals surface area contributed by atoms with Gasteiger partial charge in [0, 0.05) is 0 Å². The Balaban J connectivity index is 2.68. The molecular weight excluding hydrogens is 316 g/mol. The van der Waals surface area contributed by atoms with Crippen LogP contribution < -0.4 is 0 Å². The fourth-order valence-corrected chi connectivity index (χ4v) is 10.7. The summed E-state index contributed by atoms with van der Waals surface area (Å²) >= 11 is 0. The summed E-state index contributed by atoms with van der Waals surface area (Å²) in [6, 6.07) is 10.2. The van der Waals surface area contributed by atoms with Gasteiger partial charge in [0.1, 0.15) is 11.1 Å². The second-order valence-electron chi connectivity index (χ2n) is 8.43. The molecule has 2 rings (SSSR count). The number of ether oxygens (including phenoxy) is 1. The van der Waals surface area contributed by atoms with Gasteiger partial charge in [-0.05, 0) is 23.8 Å². The fourth-order valence-electron chi connectivity index (χ4n) is 3.67. The van der Waals surface area contributed by atoms with E-state index >= 15 is 0 Å². The van der Waals surface area contributed by atoms with Gasteiger partial charge in [-0.2, -0.15) is 0 Å². The zero-order valence-electron chi connectivity index (χ0n) is 15.4. The van der Waals surface area contributed by atoms with E-state index in [9.17, 15) is 4.79 Å². The number of rotatable bonds is 4. The first-order chi connectivity index (χ1) is 10.5. The normalized spacial score (nSPS) is 24.3. The summed E-state index contributed by atoms with van der Waals surface area (Å²) in [6.07, 6.45) is 1.99. The van der Waals surface area contributed by atoms with Gasteiger partial charge < -0.3 is 4.74 Å². The molecule has 1 saturated heterocycles. The maximum absolute atomic E-state index is 12.7. The van der Waals surface area contributed by atoms with Gasteiger partial charge in [-0.15, -0.1) is 5.73 Å². The minimum absolute atomic E-state index is 0.0319. The van der Waals surface area contributed by atoms with Gasteiger partial charge in [-0.3, -0.25) is 4.79 Å². The molecule has 0 aliphatic carbocycles. The van der Waals surface area contributed by atoms with Crippen LogP contribution in [-0.4, -0.2) is 28.2 Å². The predicted octanol–water partition coefficient (Wildman–Crippen LogP) is 5.13. The van der Waals surface area contributed by atoms with E-state index in [2.05, 4.69) is 57.1 Å². The van der Waals surface area contributed by atoms with Gasteiger partial charge in [0.05, 0.1) is 16.1 Å². The average Bonchev–Trinajstić information content (AvgIpc) is 2.41. The monoisotopic (exact) mass is 344 g/mol. The molecule has 1 aromatic carbocycles. The molecule has 2 atom stereocenters. The number of hydrogen-bond donors (Lipinski definition) is 0. The minimum atomic E-state index is -1.82. The van der Waals surface area contributed by atoms with Crippen molar-refractivity contribution in [1.82, 2.24) is 0 Å². The third-order valence-electron chi connectivity index (χ3n) is 4.73. The number of esters is 1. The Morgan fingerprint density at radius 3 is 2.09 bits per heavy atom. The van der Waals surface area contributed by atoms with Gasteiger partial charge in [-0.1, -0.05) is 69.6 Å². The zero-order chi connectivity index (χ0) is 17.5. The highest BCUT2D eigenvalue weighted by atomic mass is 28.3. The molecule has 1 aliphatic rings. The van der Waals surface area contributed by atoms with E-state index in [4.69, 9.17) is 4.74 Å². The first-order valence-electron chi connectivity index (χ1n) is 8.25. The standard InChI is InChI=1S/C19H28O2Si2/c1-15-19(18(20)21-15,23(5,6)7)17(22(2,3)4)14-13-16-11-9-8-10-12-16/h8-13,15H,1-7H3/t14?,15?,19-/m1/s1. The lowest BCUT2D eigenvalue weighted by molar-refractivity contribution is -0.175. The molecule has 4 heteroatoms. The molecule has 124 valence electrons. The molecule has 0 amide bonds. The van der Waals surface area contributed by atoms with Crippen LogP contribution in [-0.2, 0) is 9.53 Å². The highest BCUT2D eigenvalue weighted by Gasteiger charge is 2.67. The molecular formula is C19H28O2Si2. The van der Waals surface area contributed by atoms with Gasteiger partial charge in [0.2, 0.25) is 0 Å². The highest BCUT2D eigenvalue weighted by molar-refractivity contribution is 6.91. The molecule has 0 aromatic heterocycles. The lowest BCUT2D eigenvalue weighted by atomic mass is 9.95. The lowest BCUT2D eigenvalue weighted by Crippen LogP contribution is -2.65. The Morgan fingerprint density at radius 2 is 1.70 bits per heavy atom. The van der Waals surface area contributed by atoms with Crippen LogP contribution in [0.15, 0.2) is 41.3 Å². The van der Waals surface area contributed by atoms with Crippen LogP contribution in [0.5, 0.6) is 0 Å². The van der Waals surface area contributed by atoms with E-state index in [1.807, 2.05) is 31.2 Å². The molecule has 1 heterocycles. The van der Waals surface area contributed by atoms with E-state index in [0.29, 0.717) is 0 Å². The van der Waals surface area contributed by atoms with Crippen molar-refractivity contribution in [2.45, 2.75) is 57.3 Å². The Morgan fingerprint density at radius 1 is 1.13 bits per heavy atom. The van der Waals surface area contributed by atoms with E-state index in [0.717, 1.165) is 5.56 Å². The first kappa shape index (κ1) is 18.0. The predicted molar refractivity (Wildman–Crippen MR) is 103 cm³/mol. The Hall–Kier alpha value is -1.36. The molecule has 0 spiro atoms. The van der Waals surface area contributed by atoms with E-state index < -0.39 is 21.2 Å². The Labute approximate surface area is 142 Å². The summed E-state index contributed by atoms with van der Waals surface area (Å²) in [6.45, 7) is 15.8. The number of hydrogen-bond acceptors (Lipinski definition) is 2. The van der Waals surface area contributed by atoms with Crippen LogP contribution >= 0.6 is 0 Å². The van der Waals surface area contributed by atoms with Crippen molar-refractivity contribution >= 4 is 28.2 Å². The zero-order valence-corrected chi connectivity index (χ0v) is 17.4. The molecule has 1 fully saturated rings. The van der Waals surface area contributed by atoms with Crippen molar-refractivity contribution in [2.24, 2.45) is 0 Å². The number of carbonyl (C=O) groups is 1. The van der Waals surface area contributed by atoms with Crippen molar-refractivity contribution in [1.29, 1.82) is 0 Å². The molecule has 23 heavy (non-hydrogen) atoms. The third kappa shape index (κ3) is 3.03. The number of carbonyl (C=O) groups excluding carboxylic acids is 1. The molecule has 2 nitrogen and oxygen atoms in total. The largest absolute Gasteiger partial charge is 0.461 e.